The van der Waals surface area contributed by atoms with E-state index >= 15 is 0 Å². The maximum atomic E-state index is 14.9. The predicted octanol–water partition coefficient (Wildman–Crippen LogP) is 8.41. The largest absolute Gasteiger partial charge is 0.459 e. The van der Waals surface area contributed by atoms with Crippen molar-refractivity contribution in [1.29, 1.82) is 0 Å². The highest BCUT2D eigenvalue weighted by Gasteiger charge is 2.41. The van der Waals surface area contributed by atoms with Crippen molar-refractivity contribution in [1.82, 2.24) is 25.1 Å². The van der Waals surface area contributed by atoms with Crippen molar-refractivity contribution in [2.45, 2.75) is 62.4 Å². The van der Waals surface area contributed by atoms with Gasteiger partial charge >= 0.3 is 12.1 Å². The fraction of sp³-hybridized carbons (Fsp3) is 0.218. The Morgan fingerprint density at radius 3 is 1.79 bits per heavy atom. The number of benzene rings is 6. The van der Waals surface area contributed by atoms with E-state index in [0.29, 0.717) is 18.5 Å². The van der Waals surface area contributed by atoms with Crippen molar-refractivity contribution >= 4 is 23.9 Å². The lowest BCUT2D eigenvalue weighted by Crippen LogP contribution is -2.55. The van der Waals surface area contributed by atoms with E-state index in [0.717, 1.165) is 44.5 Å². The Morgan fingerprint density at radius 1 is 0.682 bits per heavy atom. The summed E-state index contributed by atoms with van der Waals surface area (Å²) in [6.45, 7) is 1.96. The van der Waals surface area contributed by atoms with Gasteiger partial charge in [0.1, 0.15) is 36.9 Å². The van der Waals surface area contributed by atoms with Crippen LogP contribution in [-0.2, 0) is 42.4 Å². The number of esters is 1. The maximum absolute atomic E-state index is 14.9. The summed E-state index contributed by atoms with van der Waals surface area (Å²) in [5, 5.41) is 5.67. The third kappa shape index (κ3) is 8.84. The molecule has 332 valence electrons. The van der Waals surface area contributed by atoms with Crippen molar-refractivity contribution in [3.63, 3.8) is 0 Å². The zero-order valence-corrected chi connectivity index (χ0v) is 36.7. The highest BCUT2D eigenvalue weighted by atomic mass is 16.5. The Morgan fingerprint density at radius 2 is 1.21 bits per heavy atom. The third-order valence-corrected chi connectivity index (χ3v) is 12.7. The third-order valence-electron chi connectivity index (χ3n) is 12.7. The first kappa shape index (κ1) is 43.5. The first-order valence-electron chi connectivity index (χ1n) is 22.4. The predicted molar refractivity (Wildman–Crippen MR) is 251 cm³/mol. The van der Waals surface area contributed by atoms with E-state index in [-0.39, 0.29) is 32.1 Å². The average Bonchev–Trinajstić information content (AvgIpc) is 4.13. The molecular formula is C55H51N5O6. The van der Waals surface area contributed by atoms with Crippen molar-refractivity contribution in [2.24, 2.45) is 0 Å². The van der Waals surface area contributed by atoms with Crippen LogP contribution in [0.3, 0.4) is 0 Å². The molecule has 0 bridgehead atoms. The first-order chi connectivity index (χ1) is 32.3. The summed E-state index contributed by atoms with van der Waals surface area (Å²) in [7, 11) is 0. The van der Waals surface area contributed by atoms with Crippen LogP contribution in [0.5, 0.6) is 0 Å². The van der Waals surface area contributed by atoms with Gasteiger partial charge in [-0.15, -0.1) is 0 Å². The van der Waals surface area contributed by atoms with Crippen LogP contribution in [0, 0.1) is 0 Å². The lowest BCUT2D eigenvalue weighted by atomic mass is 9.77. The fourth-order valence-corrected chi connectivity index (χ4v) is 9.55. The Hall–Kier alpha value is -7.79. The van der Waals surface area contributed by atoms with Gasteiger partial charge in [-0.2, -0.15) is 0 Å². The summed E-state index contributed by atoms with van der Waals surface area (Å²) in [5.41, 5.74) is 7.82. The van der Waals surface area contributed by atoms with Gasteiger partial charge in [-0.3, -0.25) is 9.59 Å². The molecule has 2 heterocycles. The molecule has 2 N–H and O–H groups in total. The van der Waals surface area contributed by atoms with Gasteiger partial charge in [-0.1, -0.05) is 170 Å². The smallest absolute Gasteiger partial charge is 0.407 e. The molecule has 2 aliphatic rings. The summed E-state index contributed by atoms with van der Waals surface area (Å²) >= 11 is 0. The molecule has 9 rings (SSSR count). The maximum Gasteiger partial charge on any atom is 0.407 e. The molecule has 11 heteroatoms. The van der Waals surface area contributed by atoms with Crippen LogP contribution in [0.15, 0.2) is 182 Å². The van der Waals surface area contributed by atoms with Crippen LogP contribution in [0.25, 0.3) is 11.1 Å². The normalized spacial score (nSPS) is 15.2. The SMILES string of the molecule is C[C@@H](NC(=O)[C@@H]1CCCN1C(=O)[C@H](Cc1cn(C(c2ccccc2)(c2ccccc2)c2ccccc2)cn1)NC(=O)OCC1c2ccccc2-c2ccccc21)C(=O)OCc1ccccc1. The molecule has 7 aromatic rings. The number of nitrogens with one attached hydrogen (secondary N) is 2. The Balaban J connectivity index is 0.994. The van der Waals surface area contributed by atoms with Crippen molar-refractivity contribution in [2.75, 3.05) is 13.2 Å². The molecule has 1 fully saturated rings. The van der Waals surface area contributed by atoms with Crippen LogP contribution in [0.1, 0.15) is 64.8 Å². The van der Waals surface area contributed by atoms with E-state index in [1.165, 1.54) is 4.90 Å². The number of alkyl carbamates (subject to hydrolysis) is 1. The molecule has 0 radical (unpaired) electrons. The Labute approximate surface area is 384 Å². The van der Waals surface area contributed by atoms with E-state index in [1.807, 2.05) is 128 Å². The number of likely N-dealkylation sites (tertiary alicyclic amines) is 1. The summed E-state index contributed by atoms with van der Waals surface area (Å²) in [5.74, 6) is -1.72. The number of carbonyl (C=O) groups excluding carboxylic acids is 4. The van der Waals surface area contributed by atoms with E-state index in [9.17, 15) is 19.2 Å². The summed E-state index contributed by atoms with van der Waals surface area (Å²) < 4.78 is 13.5. The number of imidazole rings is 1. The molecule has 3 atom stereocenters. The highest BCUT2D eigenvalue weighted by molar-refractivity contribution is 5.93. The van der Waals surface area contributed by atoms with E-state index in [1.54, 1.807) is 13.3 Å². The monoisotopic (exact) mass is 877 g/mol. The lowest BCUT2D eigenvalue weighted by molar-refractivity contribution is -0.149. The van der Waals surface area contributed by atoms with Crippen LogP contribution >= 0.6 is 0 Å². The van der Waals surface area contributed by atoms with Gasteiger partial charge in [-0.25, -0.2) is 14.6 Å². The van der Waals surface area contributed by atoms with E-state index in [2.05, 4.69) is 63.7 Å². The number of hydrogen-bond donors (Lipinski definition) is 2. The van der Waals surface area contributed by atoms with Crippen LogP contribution < -0.4 is 10.6 Å². The van der Waals surface area contributed by atoms with Gasteiger partial charge in [0, 0.05) is 25.1 Å². The van der Waals surface area contributed by atoms with Crippen LogP contribution in [0.2, 0.25) is 0 Å². The van der Waals surface area contributed by atoms with Gasteiger partial charge in [-0.05, 0) is 64.3 Å². The number of amides is 3. The molecule has 3 amide bonds. The highest BCUT2D eigenvalue weighted by Crippen LogP contribution is 2.45. The number of ether oxygens (including phenoxy) is 2. The van der Waals surface area contributed by atoms with Crippen molar-refractivity contribution in [3.05, 3.63) is 221 Å². The minimum Gasteiger partial charge on any atom is -0.459 e. The lowest BCUT2D eigenvalue weighted by Gasteiger charge is -2.37. The first-order valence-corrected chi connectivity index (χ1v) is 22.4. The number of hydrogen-bond acceptors (Lipinski definition) is 7. The van der Waals surface area contributed by atoms with Gasteiger partial charge in [0.15, 0.2) is 0 Å². The number of fused-ring (bicyclic) bond motifs is 3. The minimum atomic E-state index is -1.16. The van der Waals surface area contributed by atoms with E-state index in [4.69, 9.17) is 14.5 Å². The van der Waals surface area contributed by atoms with Gasteiger partial charge in [0.2, 0.25) is 11.8 Å². The second-order valence-corrected chi connectivity index (χ2v) is 16.8. The molecule has 0 unspecified atom stereocenters. The Bertz CT molecular complexity index is 2660. The second kappa shape index (κ2) is 19.5. The van der Waals surface area contributed by atoms with Crippen LogP contribution in [0.4, 0.5) is 4.79 Å². The topological polar surface area (TPSA) is 132 Å². The molecule has 0 saturated carbocycles. The molecule has 0 spiro atoms. The molecule has 66 heavy (non-hydrogen) atoms. The van der Waals surface area contributed by atoms with Gasteiger partial charge in [0.25, 0.3) is 0 Å². The summed E-state index contributed by atoms with van der Waals surface area (Å²) in [6, 6.07) is 53.0. The molecule has 1 saturated heterocycles. The van der Waals surface area contributed by atoms with E-state index < -0.39 is 47.5 Å². The number of aromatic nitrogens is 2. The quantitative estimate of drug-likeness (QED) is 0.0782. The standard InChI is InChI=1S/C55H51N5O6/c1-38(53(63)65-35-39-19-6-2-7-20-39)57-51(61)50-31-18-32-60(50)52(62)49(58-54(64)66-36-48-46-29-16-14-27-44(46)45-28-15-17-30-47(45)48)33-43-34-59(37-56-43)55(40-21-8-3-9-22-40,41-23-10-4-11-24-41)42-25-12-5-13-26-42/h2-17,19-30,34,37-38,48-50H,18,31-33,35-36H2,1H3,(H,57,61)(H,58,64)/t38-,49+,50+/m1/s1. The fourth-order valence-electron chi connectivity index (χ4n) is 9.55. The zero-order chi connectivity index (χ0) is 45.5. The average molecular weight is 878 g/mol. The molecule has 1 aromatic heterocycles. The number of carbonyl (C=O) groups is 4. The zero-order valence-electron chi connectivity index (χ0n) is 36.7. The van der Waals surface area contributed by atoms with Crippen LogP contribution in [-0.4, -0.2) is 69.6 Å². The molecule has 1 aliphatic heterocycles. The van der Waals surface area contributed by atoms with Gasteiger partial charge < -0.3 is 29.6 Å². The Kier molecular flexibility index (Phi) is 12.9. The summed E-state index contributed by atoms with van der Waals surface area (Å²) in [4.78, 5) is 62.1. The molecular weight excluding hydrogens is 827 g/mol. The summed E-state index contributed by atoms with van der Waals surface area (Å²) in [6.07, 6.45) is 3.85. The molecule has 1 aliphatic carbocycles. The molecule has 11 nitrogen and oxygen atoms in total. The van der Waals surface area contributed by atoms with Crippen molar-refractivity contribution < 1.29 is 28.7 Å². The van der Waals surface area contributed by atoms with Crippen molar-refractivity contribution in [3.8, 4) is 11.1 Å². The molecule has 6 aromatic carbocycles. The second-order valence-electron chi connectivity index (χ2n) is 16.8. The minimum absolute atomic E-state index is 0.00245. The number of nitrogens with zero attached hydrogens (tertiary/aromatic N) is 3. The number of rotatable bonds is 15. The van der Waals surface area contributed by atoms with Gasteiger partial charge in [0.05, 0.1) is 12.0 Å².